The van der Waals surface area contributed by atoms with Crippen molar-refractivity contribution in [3.8, 4) is 0 Å². The molecule has 0 aromatic carbocycles. The van der Waals surface area contributed by atoms with Crippen LogP contribution in [-0.2, 0) is 16.1 Å². The van der Waals surface area contributed by atoms with Crippen molar-refractivity contribution in [3.05, 3.63) is 34.2 Å². The third kappa shape index (κ3) is 3.58. The summed E-state index contributed by atoms with van der Waals surface area (Å²) in [5.74, 6) is -0.273. The molecule has 4 heteroatoms. The predicted molar refractivity (Wildman–Crippen MR) is 56.7 cm³/mol. The minimum absolute atomic E-state index is 0.0840. The van der Waals surface area contributed by atoms with Crippen molar-refractivity contribution in [3.63, 3.8) is 0 Å². The van der Waals surface area contributed by atoms with Crippen LogP contribution in [0.5, 0.6) is 0 Å². The van der Waals surface area contributed by atoms with Gasteiger partial charge < -0.3 is 9.30 Å². The quantitative estimate of drug-likeness (QED) is 0.698. The van der Waals surface area contributed by atoms with Crippen molar-refractivity contribution in [2.45, 2.75) is 26.8 Å². The van der Waals surface area contributed by atoms with Crippen LogP contribution in [0.2, 0.25) is 0 Å². The molecule has 0 N–H and O–H groups in total. The zero-order chi connectivity index (χ0) is 11.3. The number of esters is 1. The molecule has 0 unspecified atom stereocenters. The van der Waals surface area contributed by atoms with E-state index in [-0.39, 0.29) is 17.9 Å². The van der Waals surface area contributed by atoms with E-state index in [1.807, 2.05) is 13.0 Å². The number of nitrogens with zero attached hydrogens (tertiary/aromatic N) is 1. The Morgan fingerprint density at radius 2 is 2.27 bits per heavy atom. The summed E-state index contributed by atoms with van der Waals surface area (Å²) >= 11 is 0. The van der Waals surface area contributed by atoms with Crippen molar-refractivity contribution in [1.29, 1.82) is 0 Å². The van der Waals surface area contributed by atoms with Crippen LogP contribution in [0.1, 0.15) is 18.9 Å². The number of ether oxygens (including phenoxy) is 1. The lowest BCUT2D eigenvalue weighted by atomic mass is 10.3. The highest BCUT2D eigenvalue weighted by atomic mass is 16.5. The zero-order valence-corrected chi connectivity index (χ0v) is 9.03. The Morgan fingerprint density at radius 3 is 2.87 bits per heavy atom. The Kier molecular flexibility index (Phi) is 4.09. The largest absolute Gasteiger partial charge is 0.466 e. The average molecular weight is 209 g/mol. The molecule has 1 aromatic heterocycles. The van der Waals surface area contributed by atoms with Gasteiger partial charge in [0.25, 0.3) is 5.56 Å². The van der Waals surface area contributed by atoms with Crippen LogP contribution in [0.3, 0.4) is 0 Å². The Hall–Kier alpha value is -1.58. The second-order valence-electron chi connectivity index (χ2n) is 3.29. The first-order valence-corrected chi connectivity index (χ1v) is 4.96. The standard InChI is InChI=1S/C11H15NO3/c1-3-15-11(14)5-7-12-6-4-9(2)8-10(12)13/h4,6,8H,3,5,7H2,1-2H3. The van der Waals surface area contributed by atoms with Crippen LogP contribution in [0.15, 0.2) is 23.1 Å². The molecular formula is C11H15NO3. The van der Waals surface area contributed by atoms with Gasteiger partial charge in [0.05, 0.1) is 13.0 Å². The number of hydrogen-bond donors (Lipinski definition) is 0. The lowest BCUT2D eigenvalue weighted by molar-refractivity contribution is -0.143. The van der Waals surface area contributed by atoms with E-state index in [0.717, 1.165) is 5.56 Å². The van der Waals surface area contributed by atoms with Gasteiger partial charge in [-0.1, -0.05) is 0 Å². The van der Waals surface area contributed by atoms with Crippen LogP contribution in [0.4, 0.5) is 0 Å². The summed E-state index contributed by atoms with van der Waals surface area (Å²) in [7, 11) is 0. The van der Waals surface area contributed by atoms with Crippen molar-refractivity contribution in [1.82, 2.24) is 4.57 Å². The van der Waals surface area contributed by atoms with Gasteiger partial charge in [-0.2, -0.15) is 0 Å². The Labute approximate surface area is 88.5 Å². The number of pyridine rings is 1. The molecule has 0 bridgehead atoms. The minimum Gasteiger partial charge on any atom is -0.466 e. The average Bonchev–Trinajstić information content (AvgIpc) is 2.17. The van der Waals surface area contributed by atoms with Gasteiger partial charge in [0.2, 0.25) is 0 Å². The second-order valence-corrected chi connectivity index (χ2v) is 3.29. The number of rotatable bonds is 4. The van der Waals surface area contributed by atoms with Crippen LogP contribution in [0.25, 0.3) is 0 Å². The third-order valence-corrected chi connectivity index (χ3v) is 2.01. The molecule has 0 atom stereocenters. The van der Waals surface area contributed by atoms with Gasteiger partial charge in [0.15, 0.2) is 0 Å². The van der Waals surface area contributed by atoms with Gasteiger partial charge in [0.1, 0.15) is 0 Å². The van der Waals surface area contributed by atoms with Gasteiger partial charge >= 0.3 is 5.97 Å². The Morgan fingerprint density at radius 1 is 1.53 bits per heavy atom. The maximum atomic E-state index is 11.4. The van der Waals surface area contributed by atoms with E-state index in [1.54, 1.807) is 19.2 Å². The van der Waals surface area contributed by atoms with Crippen LogP contribution < -0.4 is 5.56 Å². The normalized spacial score (nSPS) is 10.0. The summed E-state index contributed by atoms with van der Waals surface area (Å²) in [6.45, 7) is 4.37. The zero-order valence-electron chi connectivity index (χ0n) is 9.03. The molecule has 1 heterocycles. The predicted octanol–water partition coefficient (Wildman–Crippen LogP) is 1.11. The SMILES string of the molecule is CCOC(=O)CCn1ccc(C)cc1=O. The topological polar surface area (TPSA) is 48.3 Å². The Bertz CT molecular complexity index is 395. The highest BCUT2D eigenvalue weighted by Gasteiger charge is 2.02. The van der Waals surface area contributed by atoms with Gasteiger partial charge in [0, 0.05) is 18.8 Å². The van der Waals surface area contributed by atoms with E-state index in [1.165, 1.54) is 4.57 Å². The van der Waals surface area contributed by atoms with Gasteiger partial charge in [-0.15, -0.1) is 0 Å². The number of carbonyl (C=O) groups excluding carboxylic acids is 1. The van der Waals surface area contributed by atoms with E-state index < -0.39 is 0 Å². The number of carbonyl (C=O) groups is 1. The van der Waals surface area contributed by atoms with Gasteiger partial charge in [-0.3, -0.25) is 9.59 Å². The van der Waals surface area contributed by atoms with E-state index in [4.69, 9.17) is 4.74 Å². The lowest BCUT2D eigenvalue weighted by Crippen LogP contribution is -2.20. The number of aryl methyl sites for hydroxylation is 2. The van der Waals surface area contributed by atoms with Crippen LogP contribution in [0, 0.1) is 6.92 Å². The molecule has 0 fully saturated rings. The molecule has 1 aromatic rings. The number of aromatic nitrogens is 1. The molecule has 0 aliphatic rings. The lowest BCUT2D eigenvalue weighted by Gasteiger charge is -2.05. The highest BCUT2D eigenvalue weighted by molar-refractivity contribution is 5.69. The molecule has 15 heavy (non-hydrogen) atoms. The molecule has 0 spiro atoms. The highest BCUT2D eigenvalue weighted by Crippen LogP contribution is 1.94. The van der Waals surface area contributed by atoms with Crippen LogP contribution in [-0.4, -0.2) is 17.1 Å². The van der Waals surface area contributed by atoms with E-state index in [2.05, 4.69) is 0 Å². The molecule has 0 saturated heterocycles. The summed E-state index contributed by atoms with van der Waals surface area (Å²) in [4.78, 5) is 22.5. The molecule has 0 aliphatic heterocycles. The first-order chi connectivity index (χ1) is 7.13. The fourth-order valence-corrected chi connectivity index (χ4v) is 1.24. The molecule has 0 saturated carbocycles. The molecule has 0 aliphatic carbocycles. The monoisotopic (exact) mass is 209 g/mol. The fourth-order valence-electron chi connectivity index (χ4n) is 1.24. The summed E-state index contributed by atoms with van der Waals surface area (Å²) in [5, 5.41) is 0. The fraction of sp³-hybridized carbons (Fsp3) is 0.455. The molecule has 0 amide bonds. The van der Waals surface area contributed by atoms with E-state index >= 15 is 0 Å². The Balaban J connectivity index is 2.58. The smallest absolute Gasteiger partial charge is 0.307 e. The second kappa shape index (κ2) is 5.34. The minimum atomic E-state index is -0.273. The molecule has 82 valence electrons. The summed E-state index contributed by atoms with van der Waals surface area (Å²) in [6.07, 6.45) is 1.92. The van der Waals surface area contributed by atoms with Crippen molar-refractivity contribution >= 4 is 5.97 Å². The maximum absolute atomic E-state index is 11.4. The molecule has 4 nitrogen and oxygen atoms in total. The molecule has 0 radical (unpaired) electrons. The van der Waals surface area contributed by atoms with E-state index in [9.17, 15) is 9.59 Å². The molecular weight excluding hydrogens is 194 g/mol. The van der Waals surface area contributed by atoms with Gasteiger partial charge in [-0.05, 0) is 25.5 Å². The van der Waals surface area contributed by atoms with E-state index in [0.29, 0.717) is 13.2 Å². The van der Waals surface area contributed by atoms with Crippen molar-refractivity contribution in [2.24, 2.45) is 0 Å². The number of hydrogen-bond acceptors (Lipinski definition) is 3. The summed E-state index contributed by atoms with van der Waals surface area (Å²) in [5.41, 5.74) is 0.840. The van der Waals surface area contributed by atoms with Crippen LogP contribution >= 0.6 is 0 Å². The third-order valence-electron chi connectivity index (χ3n) is 2.01. The summed E-state index contributed by atoms with van der Waals surface area (Å²) < 4.78 is 6.28. The van der Waals surface area contributed by atoms with Crippen molar-refractivity contribution < 1.29 is 9.53 Å². The summed E-state index contributed by atoms with van der Waals surface area (Å²) in [6, 6.07) is 3.39. The van der Waals surface area contributed by atoms with Gasteiger partial charge in [-0.25, -0.2) is 0 Å². The first kappa shape index (κ1) is 11.5. The maximum Gasteiger partial charge on any atom is 0.307 e. The molecule has 1 rings (SSSR count). The van der Waals surface area contributed by atoms with Crippen molar-refractivity contribution in [2.75, 3.05) is 6.61 Å². The first-order valence-electron chi connectivity index (χ1n) is 4.96.